The fourth-order valence-corrected chi connectivity index (χ4v) is 2.14. The molecule has 0 bridgehead atoms. The number of oxazole rings is 1. The number of hydrogen-bond acceptors (Lipinski definition) is 6. The van der Waals surface area contributed by atoms with Crippen molar-refractivity contribution in [2.45, 2.75) is 44.7 Å². The fourth-order valence-electron chi connectivity index (χ4n) is 2.14. The van der Waals surface area contributed by atoms with Gasteiger partial charge in [0.1, 0.15) is 6.26 Å². The number of ether oxygens (including phenoxy) is 1. The van der Waals surface area contributed by atoms with Gasteiger partial charge in [0.05, 0.1) is 6.61 Å². The maximum Gasteiger partial charge on any atom is 0.360 e. The standard InChI is InChI=1S/C12H19N3O3/c1-2-17-11(16)10-7-18-12(15-10)14-9-6-4-3-5-8(9)13/h7-9H,2-6,13H2,1H3,(H,14,15). The van der Waals surface area contributed by atoms with Gasteiger partial charge in [0.15, 0.2) is 5.69 Å². The largest absolute Gasteiger partial charge is 0.461 e. The second-order valence-corrected chi connectivity index (χ2v) is 4.46. The summed E-state index contributed by atoms with van der Waals surface area (Å²) in [6, 6.07) is 0.601. The highest BCUT2D eigenvalue weighted by molar-refractivity contribution is 5.87. The molecule has 0 aromatic carbocycles. The Morgan fingerprint density at radius 1 is 1.61 bits per heavy atom. The molecule has 1 aromatic rings. The SMILES string of the molecule is CCOC(=O)c1coc(NC2CCCCC2N)n1. The molecule has 1 heterocycles. The molecule has 0 saturated heterocycles. The minimum Gasteiger partial charge on any atom is -0.461 e. The number of anilines is 1. The van der Waals surface area contributed by atoms with E-state index >= 15 is 0 Å². The van der Waals surface area contributed by atoms with Crippen LogP contribution in [-0.2, 0) is 4.74 Å². The molecule has 3 N–H and O–H groups in total. The van der Waals surface area contributed by atoms with E-state index in [1.54, 1.807) is 6.92 Å². The van der Waals surface area contributed by atoms with Gasteiger partial charge >= 0.3 is 5.97 Å². The van der Waals surface area contributed by atoms with Gasteiger partial charge in [-0.2, -0.15) is 4.98 Å². The normalized spacial score (nSPS) is 23.7. The van der Waals surface area contributed by atoms with Crippen molar-refractivity contribution in [3.63, 3.8) is 0 Å². The molecule has 1 aliphatic rings. The van der Waals surface area contributed by atoms with Gasteiger partial charge in [-0.1, -0.05) is 12.8 Å². The molecule has 0 radical (unpaired) electrons. The van der Waals surface area contributed by atoms with E-state index in [-0.39, 0.29) is 17.8 Å². The van der Waals surface area contributed by atoms with Gasteiger partial charge in [-0.05, 0) is 19.8 Å². The van der Waals surface area contributed by atoms with Gasteiger partial charge in [0.25, 0.3) is 6.01 Å². The first-order chi connectivity index (χ1) is 8.70. The lowest BCUT2D eigenvalue weighted by Gasteiger charge is -2.28. The Bertz CT molecular complexity index is 405. The Kier molecular flexibility index (Phi) is 4.19. The summed E-state index contributed by atoms with van der Waals surface area (Å²) in [4.78, 5) is 15.5. The van der Waals surface area contributed by atoms with E-state index in [1.807, 2.05) is 0 Å². The van der Waals surface area contributed by atoms with Crippen LogP contribution in [0.3, 0.4) is 0 Å². The smallest absolute Gasteiger partial charge is 0.360 e. The molecule has 2 atom stereocenters. The van der Waals surface area contributed by atoms with Crippen molar-refractivity contribution >= 4 is 12.0 Å². The first kappa shape index (κ1) is 12.9. The van der Waals surface area contributed by atoms with Crippen LogP contribution < -0.4 is 11.1 Å². The van der Waals surface area contributed by atoms with Gasteiger partial charge in [-0.3, -0.25) is 0 Å². The third kappa shape index (κ3) is 3.01. The van der Waals surface area contributed by atoms with Crippen LogP contribution >= 0.6 is 0 Å². The lowest BCUT2D eigenvalue weighted by molar-refractivity contribution is 0.0519. The molecule has 0 aliphatic heterocycles. The van der Waals surface area contributed by atoms with Gasteiger partial charge in [0, 0.05) is 12.1 Å². The van der Waals surface area contributed by atoms with Crippen molar-refractivity contribution in [3.05, 3.63) is 12.0 Å². The van der Waals surface area contributed by atoms with Crippen molar-refractivity contribution in [1.29, 1.82) is 0 Å². The third-order valence-corrected chi connectivity index (χ3v) is 3.12. The van der Waals surface area contributed by atoms with E-state index in [1.165, 1.54) is 12.7 Å². The summed E-state index contributed by atoms with van der Waals surface area (Å²) in [6.45, 7) is 2.07. The molecule has 18 heavy (non-hydrogen) atoms. The number of carbonyl (C=O) groups excluding carboxylic acids is 1. The van der Waals surface area contributed by atoms with Crippen LogP contribution in [0.5, 0.6) is 0 Å². The summed E-state index contributed by atoms with van der Waals surface area (Å²) >= 11 is 0. The highest BCUT2D eigenvalue weighted by Crippen LogP contribution is 2.20. The number of nitrogens with one attached hydrogen (secondary N) is 1. The van der Waals surface area contributed by atoms with E-state index < -0.39 is 5.97 Å². The maximum atomic E-state index is 11.4. The Hall–Kier alpha value is -1.56. The molecule has 1 aromatic heterocycles. The van der Waals surface area contributed by atoms with E-state index in [0.717, 1.165) is 19.3 Å². The zero-order chi connectivity index (χ0) is 13.0. The Morgan fingerprint density at radius 2 is 2.39 bits per heavy atom. The average molecular weight is 253 g/mol. The Balaban J connectivity index is 1.95. The minimum absolute atomic E-state index is 0.108. The first-order valence-corrected chi connectivity index (χ1v) is 6.35. The van der Waals surface area contributed by atoms with Crippen molar-refractivity contribution < 1.29 is 13.9 Å². The monoisotopic (exact) mass is 253 g/mol. The minimum atomic E-state index is -0.470. The lowest BCUT2D eigenvalue weighted by Crippen LogP contribution is -2.42. The highest BCUT2D eigenvalue weighted by atomic mass is 16.5. The zero-order valence-corrected chi connectivity index (χ0v) is 10.5. The summed E-state index contributed by atoms with van der Waals surface area (Å²) in [7, 11) is 0. The number of esters is 1. The van der Waals surface area contributed by atoms with Gasteiger partial charge in [-0.15, -0.1) is 0 Å². The summed E-state index contributed by atoms with van der Waals surface area (Å²) in [5, 5.41) is 3.14. The van der Waals surface area contributed by atoms with Crippen molar-refractivity contribution in [1.82, 2.24) is 4.98 Å². The van der Waals surface area contributed by atoms with E-state index in [9.17, 15) is 4.79 Å². The molecule has 1 aliphatic carbocycles. The van der Waals surface area contributed by atoms with Crippen molar-refractivity contribution in [2.24, 2.45) is 5.73 Å². The predicted octanol–water partition coefficient (Wildman–Crippen LogP) is 1.53. The molecule has 0 spiro atoms. The summed E-state index contributed by atoms with van der Waals surface area (Å²) < 4.78 is 10.0. The van der Waals surface area contributed by atoms with E-state index in [0.29, 0.717) is 12.6 Å². The number of hydrogen-bond donors (Lipinski definition) is 2. The number of rotatable bonds is 4. The van der Waals surface area contributed by atoms with E-state index in [4.69, 9.17) is 14.9 Å². The van der Waals surface area contributed by atoms with Gasteiger partial charge < -0.3 is 20.2 Å². The number of carbonyl (C=O) groups is 1. The predicted molar refractivity (Wildman–Crippen MR) is 66.3 cm³/mol. The van der Waals surface area contributed by atoms with Crippen LogP contribution in [0.2, 0.25) is 0 Å². The molecular formula is C12H19N3O3. The lowest BCUT2D eigenvalue weighted by atomic mass is 9.91. The van der Waals surface area contributed by atoms with Crippen LogP contribution in [0.4, 0.5) is 6.01 Å². The summed E-state index contributed by atoms with van der Waals surface area (Å²) in [6.07, 6.45) is 5.62. The van der Waals surface area contributed by atoms with Crippen LogP contribution in [0, 0.1) is 0 Å². The molecule has 100 valence electrons. The molecule has 0 amide bonds. The van der Waals surface area contributed by atoms with Crippen LogP contribution in [-0.4, -0.2) is 29.6 Å². The molecule has 2 unspecified atom stereocenters. The number of nitrogens with zero attached hydrogens (tertiary/aromatic N) is 1. The third-order valence-electron chi connectivity index (χ3n) is 3.12. The average Bonchev–Trinajstić information content (AvgIpc) is 2.81. The zero-order valence-electron chi connectivity index (χ0n) is 10.5. The maximum absolute atomic E-state index is 11.4. The first-order valence-electron chi connectivity index (χ1n) is 6.35. The summed E-state index contributed by atoms with van der Waals surface area (Å²) in [5.41, 5.74) is 6.20. The van der Waals surface area contributed by atoms with Gasteiger partial charge in [0.2, 0.25) is 0 Å². The van der Waals surface area contributed by atoms with Crippen LogP contribution in [0.1, 0.15) is 43.1 Å². The quantitative estimate of drug-likeness (QED) is 0.791. The Labute approximate surface area is 106 Å². The highest BCUT2D eigenvalue weighted by Gasteiger charge is 2.23. The second-order valence-electron chi connectivity index (χ2n) is 4.46. The summed E-state index contributed by atoms with van der Waals surface area (Å²) in [5.74, 6) is -0.470. The van der Waals surface area contributed by atoms with Crippen LogP contribution in [0.15, 0.2) is 10.7 Å². The fraction of sp³-hybridized carbons (Fsp3) is 0.667. The molecule has 1 fully saturated rings. The van der Waals surface area contributed by atoms with Crippen LogP contribution in [0.25, 0.3) is 0 Å². The molecule has 2 rings (SSSR count). The second kappa shape index (κ2) is 5.86. The molecule has 6 nitrogen and oxygen atoms in total. The molecule has 6 heteroatoms. The topological polar surface area (TPSA) is 90.4 Å². The number of nitrogens with two attached hydrogens (primary N) is 1. The van der Waals surface area contributed by atoms with Gasteiger partial charge in [-0.25, -0.2) is 4.79 Å². The Morgan fingerprint density at radius 3 is 3.11 bits per heavy atom. The molecule has 1 saturated carbocycles. The van der Waals surface area contributed by atoms with Crippen molar-refractivity contribution in [3.8, 4) is 0 Å². The number of aromatic nitrogens is 1. The van der Waals surface area contributed by atoms with E-state index in [2.05, 4.69) is 10.3 Å². The van der Waals surface area contributed by atoms with Crippen molar-refractivity contribution in [2.75, 3.05) is 11.9 Å². The molecular weight excluding hydrogens is 234 g/mol.